The van der Waals surface area contributed by atoms with Gasteiger partial charge in [0.25, 0.3) is 5.56 Å². The number of rotatable bonds is 4. The molecule has 0 aliphatic rings. The smallest absolute Gasteiger partial charge is 0.269 e. The van der Waals surface area contributed by atoms with Crippen molar-refractivity contribution in [3.05, 3.63) is 91.4 Å². The molecule has 0 saturated heterocycles. The Morgan fingerprint density at radius 1 is 1.34 bits per heavy atom. The third-order valence-electron chi connectivity index (χ3n) is 4.16. The predicted octanol–water partition coefficient (Wildman–Crippen LogP) is 4.69. The minimum atomic E-state index is -0.683. The molecule has 0 atom stereocenters. The van der Waals surface area contributed by atoms with E-state index in [1.165, 1.54) is 42.1 Å². The molecule has 29 heavy (non-hydrogen) atoms. The van der Waals surface area contributed by atoms with E-state index in [2.05, 4.69) is 9.94 Å². The maximum absolute atomic E-state index is 15.1. The first kappa shape index (κ1) is 20.1. The van der Waals surface area contributed by atoms with Gasteiger partial charge in [0.2, 0.25) is 0 Å². The van der Waals surface area contributed by atoms with Gasteiger partial charge in [-0.25, -0.2) is 13.9 Å². The fourth-order valence-corrected chi connectivity index (χ4v) is 2.99. The monoisotopic (exact) mass is 408 g/mol. The number of hydrogen-bond acceptors (Lipinski definition) is 4. The molecule has 0 aliphatic carbocycles. The van der Waals surface area contributed by atoms with Crippen LogP contribution in [0.5, 0.6) is 11.5 Å². The number of benzene rings is 2. The summed E-state index contributed by atoms with van der Waals surface area (Å²) in [4.78, 5) is 15.1. The second-order valence-electron chi connectivity index (χ2n) is 6.32. The third-order valence-corrected chi connectivity index (χ3v) is 4.46. The summed E-state index contributed by atoms with van der Waals surface area (Å²) in [7, 11) is 1.53. The molecule has 6 nitrogen and oxygen atoms in total. The van der Waals surface area contributed by atoms with Gasteiger partial charge in [-0.05, 0) is 42.8 Å². The van der Waals surface area contributed by atoms with E-state index in [0.717, 1.165) is 0 Å². The Bertz CT molecular complexity index is 1200. The van der Waals surface area contributed by atoms with Crippen molar-refractivity contribution in [3.8, 4) is 17.6 Å². The largest absolute Gasteiger partial charge is 0.454 e. The fraction of sp³-hybridized carbons (Fsp3) is 0.143. The lowest BCUT2D eigenvalue weighted by atomic mass is 10.1. The quantitative estimate of drug-likeness (QED) is 0.587. The Kier molecular flexibility index (Phi) is 5.63. The number of nitriles is 1. The van der Waals surface area contributed by atoms with Crippen LogP contribution in [0.4, 0.5) is 10.1 Å². The first-order chi connectivity index (χ1) is 13.8. The van der Waals surface area contributed by atoms with Crippen molar-refractivity contribution in [2.24, 2.45) is 7.05 Å². The van der Waals surface area contributed by atoms with Crippen molar-refractivity contribution < 1.29 is 9.13 Å². The Balaban J connectivity index is 1.99. The van der Waals surface area contributed by atoms with E-state index in [1.54, 1.807) is 13.0 Å². The van der Waals surface area contributed by atoms with E-state index in [1.807, 2.05) is 6.07 Å². The van der Waals surface area contributed by atoms with E-state index in [4.69, 9.17) is 28.2 Å². The third kappa shape index (κ3) is 4.26. The second-order valence-corrected chi connectivity index (χ2v) is 6.72. The first-order valence-corrected chi connectivity index (χ1v) is 8.81. The highest BCUT2D eigenvalue weighted by Crippen LogP contribution is 2.36. The molecular formula is C21H14ClFN4O2. The fourth-order valence-electron chi connectivity index (χ4n) is 2.81. The summed E-state index contributed by atoms with van der Waals surface area (Å²) in [5, 5.41) is 13.3. The summed E-state index contributed by atoms with van der Waals surface area (Å²) in [6, 6.07) is 10.7. The predicted molar refractivity (Wildman–Crippen MR) is 106 cm³/mol. The van der Waals surface area contributed by atoms with Gasteiger partial charge >= 0.3 is 0 Å². The van der Waals surface area contributed by atoms with Crippen LogP contribution in [-0.2, 0) is 13.5 Å². The first-order valence-electron chi connectivity index (χ1n) is 8.43. The van der Waals surface area contributed by atoms with Crippen molar-refractivity contribution in [2.45, 2.75) is 13.3 Å². The highest BCUT2D eigenvalue weighted by Gasteiger charge is 2.17. The molecule has 0 radical (unpaired) electrons. The molecule has 1 heterocycles. The highest BCUT2D eigenvalue weighted by atomic mass is 35.5. The van der Waals surface area contributed by atoms with Gasteiger partial charge in [-0.3, -0.25) is 4.79 Å². The summed E-state index contributed by atoms with van der Waals surface area (Å²) in [6.07, 6.45) is 0.125. The Morgan fingerprint density at radius 3 is 2.76 bits per heavy atom. The molecule has 0 N–H and O–H groups in total. The van der Waals surface area contributed by atoms with Gasteiger partial charge in [-0.1, -0.05) is 17.7 Å². The lowest BCUT2D eigenvalue weighted by molar-refractivity contribution is 0.439. The van der Waals surface area contributed by atoms with E-state index in [-0.39, 0.29) is 45.3 Å². The minimum Gasteiger partial charge on any atom is -0.454 e. The van der Waals surface area contributed by atoms with E-state index < -0.39 is 5.82 Å². The molecule has 144 valence electrons. The van der Waals surface area contributed by atoms with Crippen molar-refractivity contribution in [2.75, 3.05) is 0 Å². The summed E-state index contributed by atoms with van der Waals surface area (Å²) >= 11 is 6.12. The molecule has 0 bridgehead atoms. The van der Waals surface area contributed by atoms with Crippen LogP contribution in [0.2, 0.25) is 5.02 Å². The standard InChI is InChI=1S/C21H14ClFN4O2/c1-12-6-16(26-27(3)21(12)28)9-14-4-5-18(22)20(19(14)23)29-17-8-13(11-24)7-15(10-17)25-2/h4-8,10H,9H2,1,3H3. The zero-order chi connectivity index (χ0) is 21.1. The SMILES string of the molecule is [C-]#[N+]c1cc(C#N)cc(Oc2c(Cl)ccc(Cc3cc(C)c(=O)n(C)n3)c2F)c1. The van der Waals surface area contributed by atoms with Gasteiger partial charge in [0.05, 0.1) is 23.4 Å². The summed E-state index contributed by atoms with van der Waals surface area (Å²) in [5.41, 5.74) is 1.48. The van der Waals surface area contributed by atoms with Gasteiger partial charge in [-0.2, -0.15) is 10.4 Å². The van der Waals surface area contributed by atoms with E-state index >= 15 is 4.39 Å². The molecule has 2 aromatic carbocycles. The van der Waals surface area contributed by atoms with E-state index in [0.29, 0.717) is 11.3 Å². The molecule has 0 spiro atoms. The molecule has 3 aromatic rings. The van der Waals surface area contributed by atoms with Crippen molar-refractivity contribution in [1.29, 1.82) is 5.26 Å². The van der Waals surface area contributed by atoms with E-state index in [9.17, 15) is 4.79 Å². The molecule has 0 unspecified atom stereocenters. The van der Waals surface area contributed by atoms with Crippen LogP contribution in [0.25, 0.3) is 4.85 Å². The van der Waals surface area contributed by atoms with Crippen LogP contribution in [0.1, 0.15) is 22.4 Å². The molecular weight excluding hydrogens is 395 g/mol. The molecule has 3 rings (SSSR count). The van der Waals surface area contributed by atoms with Crippen LogP contribution in [0.3, 0.4) is 0 Å². The van der Waals surface area contributed by atoms with Crippen LogP contribution < -0.4 is 10.3 Å². The number of nitrogens with zero attached hydrogens (tertiary/aromatic N) is 4. The summed E-state index contributed by atoms with van der Waals surface area (Å²) < 4.78 is 21.9. The van der Waals surface area contributed by atoms with Crippen LogP contribution in [0, 0.1) is 30.6 Å². The minimum absolute atomic E-state index is 0.0441. The van der Waals surface area contributed by atoms with Gasteiger partial charge in [0, 0.05) is 24.6 Å². The number of halogens is 2. The number of ether oxygens (including phenoxy) is 1. The molecule has 8 heteroatoms. The molecule has 1 aromatic heterocycles. The van der Waals surface area contributed by atoms with Crippen molar-refractivity contribution >= 4 is 17.3 Å². The maximum atomic E-state index is 15.1. The second kappa shape index (κ2) is 8.14. The van der Waals surface area contributed by atoms with Crippen LogP contribution in [-0.4, -0.2) is 9.78 Å². The number of aryl methyl sites for hydroxylation is 2. The Morgan fingerprint density at radius 2 is 2.10 bits per heavy atom. The summed E-state index contributed by atoms with van der Waals surface area (Å²) in [6.45, 7) is 8.78. The van der Waals surface area contributed by atoms with Crippen molar-refractivity contribution in [1.82, 2.24) is 9.78 Å². The maximum Gasteiger partial charge on any atom is 0.269 e. The average Bonchev–Trinajstić information content (AvgIpc) is 2.71. The topological polar surface area (TPSA) is 72.3 Å². The van der Waals surface area contributed by atoms with Gasteiger partial charge < -0.3 is 4.74 Å². The summed E-state index contributed by atoms with van der Waals surface area (Å²) in [5.74, 6) is -0.765. The van der Waals surface area contributed by atoms with Gasteiger partial charge in [0.15, 0.2) is 17.3 Å². The Labute approximate surface area is 171 Å². The Hall–Kier alpha value is -3.68. The zero-order valence-electron chi connectivity index (χ0n) is 15.5. The normalized spacial score (nSPS) is 10.3. The van der Waals surface area contributed by atoms with Crippen LogP contribution in [0.15, 0.2) is 41.2 Å². The molecule has 0 fully saturated rings. The molecule has 0 aliphatic heterocycles. The lowest BCUT2D eigenvalue weighted by Gasteiger charge is -2.13. The molecule has 0 amide bonds. The average molecular weight is 409 g/mol. The number of aromatic nitrogens is 2. The molecule has 0 saturated carbocycles. The highest BCUT2D eigenvalue weighted by molar-refractivity contribution is 6.32. The van der Waals surface area contributed by atoms with Crippen molar-refractivity contribution in [3.63, 3.8) is 0 Å². The van der Waals surface area contributed by atoms with Gasteiger partial charge in [0.1, 0.15) is 5.75 Å². The lowest BCUT2D eigenvalue weighted by Crippen LogP contribution is -2.23. The van der Waals surface area contributed by atoms with Gasteiger partial charge in [-0.15, -0.1) is 0 Å². The number of hydrogen-bond donors (Lipinski definition) is 0. The van der Waals surface area contributed by atoms with Crippen LogP contribution >= 0.6 is 11.6 Å². The zero-order valence-corrected chi connectivity index (χ0v) is 16.3.